The predicted octanol–water partition coefficient (Wildman–Crippen LogP) is 1.87. The van der Waals surface area contributed by atoms with E-state index in [0.29, 0.717) is 11.4 Å². The van der Waals surface area contributed by atoms with Crippen LogP contribution in [0.3, 0.4) is 0 Å². The van der Waals surface area contributed by atoms with Crippen molar-refractivity contribution in [3.8, 4) is 0 Å². The van der Waals surface area contributed by atoms with E-state index in [9.17, 15) is 14.4 Å². The van der Waals surface area contributed by atoms with Crippen molar-refractivity contribution in [1.29, 1.82) is 0 Å². The SMILES string of the molecule is CC(C)n1nccc1NC(=O)CN1C(=O)NC(C)(c2ccccc2)C1=O. The summed E-state index contributed by atoms with van der Waals surface area (Å²) >= 11 is 0. The van der Waals surface area contributed by atoms with Gasteiger partial charge in [-0.1, -0.05) is 30.3 Å². The highest BCUT2D eigenvalue weighted by molar-refractivity contribution is 6.10. The largest absolute Gasteiger partial charge is 0.325 e. The Kier molecular flexibility index (Phi) is 4.50. The van der Waals surface area contributed by atoms with E-state index in [2.05, 4.69) is 15.7 Å². The number of nitrogens with zero attached hydrogens (tertiary/aromatic N) is 3. The van der Waals surface area contributed by atoms with E-state index in [1.807, 2.05) is 19.9 Å². The number of benzene rings is 1. The first-order valence-corrected chi connectivity index (χ1v) is 8.36. The van der Waals surface area contributed by atoms with Crippen LogP contribution in [-0.4, -0.2) is 39.1 Å². The maximum absolute atomic E-state index is 12.8. The number of amides is 4. The van der Waals surface area contributed by atoms with E-state index in [-0.39, 0.29) is 12.6 Å². The minimum atomic E-state index is -1.18. The third kappa shape index (κ3) is 3.05. The fourth-order valence-electron chi connectivity index (χ4n) is 2.96. The second kappa shape index (κ2) is 6.62. The first-order chi connectivity index (χ1) is 12.3. The molecule has 1 aromatic carbocycles. The van der Waals surface area contributed by atoms with Crippen LogP contribution in [0.15, 0.2) is 42.6 Å². The Bertz CT molecular complexity index is 846. The van der Waals surface area contributed by atoms with Gasteiger partial charge in [0.25, 0.3) is 5.91 Å². The zero-order valence-corrected chi connectivity index (χ0v) is 14.9. The minimum absolute atomic E-state index is 0.0680. The summed E-state index contributed by atoms with van der Waals surface area (Å²) in [5.74, 6) is -0.405. The minimum Gasteiger partial charge on any atom is -0.319 e. The number of carbonyl (C=O) groups excluding carboxylic acids is 3. The van der Waals surface area contributed by atoms with Crippen molar-refractivity contribution in [3.05, 3.63) is 48.2 Å². The lowest BCUT2D eigenvalue weighted by Gasteiger charge is -2.22. The zero-order chi connectivity index (χ0) is 18.9. The van der Waals surface area contributed by atoms with Crippen molar-refractivity contribution in [1.82, 2.24) is 20.0 Å². The molecule has 4 amide bonds. The van der Waals surface area contributed by atoms with Gasteiger partial charge >= 0.3 is 6.03 Å². The number of rotatable bonds is 5. The molecule has 2 heterocycles. The lowest BCUT2D eigenvalue weighted by molar-refractivity contribution is -0.133. The molecule has 8 nitrogen and oxygen atoms in total. The number of carbonyl (C=O) groups is 3. The van der Waals surface area contributed by atoms with Gasteiger partial charge in [-0.05, 0) is 26.3 Å². The van der Waals surface area contributed by atoms with Gasteiger partial charge in [-0.25, -0.2) is 9.48 Å². The van der Waals surface area contributed by atoms with Crippen molar-refractivity contribution >= 4 is 23.7 Å². The second-order valence-corrected chi connectivity index (χ2v) is 6.62. The predicted molar refractivity (Wildman–Crippen MR) is 95.3 cm³/mol. The zero-order valence-electron chi connectivity index (χ0n) is 14.9. The topological polar surface area (TPSA) is 96.3 Å². The molecular formula is C18H21N5O3. The number of hydrogen-bond donors (Lipinski definition) is 2. The average molecular weight is 355 g/mol. The Morgan fingerprint density at radius 3 is 2.58 bits per heavy atom. The highest BCUT2D eigenvalue weighted by Crippen LogP contribution is 2.28. The monoisotopic (exact) mass is 355 g/mol. The van der Waals surface area contributed by atoms with E-state index in [1.54, 1.807) is 48.1 Å². The molecule has 0 spiro atoms. The van der Waals surface area contributed by atoms with Crippen molar-refractivity contribution in [2.75, 3.05) is 11.9 Å². The lowest BCUT2D eigenvalue weighted by Crippen LogP contribution is -2.42. The number of nitrogens with one attached hydrogen (secondary N) is 2. The molecule has 136 valence electrons. The molecule has 2 aromatic rings. The maximum Gasteiger partial charge on any atom is 0.325 e. The Morgan fingerprint density at radius 2 is 1.92 bits per heavy atom. The highest BCUT2D eigenvalue weighted by atomic mass is 16.2. The molecule has 2 N–H and O–H groups in total. The molecule has 0 aliphatic carbocycles. The van der Waals surface area contributed by atoms with Crippen LogP contribution in [0.1, 0.15) is 32.4 Å². The average Bonchev–Trinajstić information content (AvgIpc) is 3.15. The smallest absolute Gasteiger partial charge is 0.319 e. The highest BCUT2D eigenvalue weighted by Gasteiger charge is 2.49. The molecule has 8 heteroatoms. The van der Waals surface area contributed by atoms with Crippen LogP contribution in [-0.2, 0) is 15.1 Å². The van der Waals surface area contributed by atoms with Gasteiger partial charge in [0, 0.05) is 12.1 Å². The lowest BCUT2D eigenvalue weighted by atomic mass is 9.92. The summed E-state index contributed by atoms with van der Waals surface area (Å²) in [6.45, 7) is 5.14. The van der Waals surface area contributed by atoms with Gasteiger partial charge in [-0.2, -0.15) is 5.10 Å². The first-order valence-electron chi connectivity index (χ1n) is 8.36. The maximum atomic E-state index is 12.8. The number of hydrogen-bond acceptors (Lipinski definition) is 4. The van der Waals surface area contributed by atoms with Crippen LogP contribution >= 0.6 is 0 Å². The van der Waals surface area contributed by atoms with Crippen LogP contribution in [0.4, 0.5) is 10.6 Å². The normalized spacial score (nSPS) is 19.8. The summed E-state index contributed by atoms with van der Waals surface area (Å²) in [4.78, 5) is 38.4. The summed E-state index contributed by atoms with van der Waals surface area (Å²) in [5.41, 5.74) is -0.516. The number of aromatic nitrogens is 2. The first kappa shape index (κ1) is 17.7. The third-order valence-electron chi connectivity index (χ3n) is 4.35. The molecule has 0 bridgehead atoms. The van der Waals surface area contributed by atoms with Crippen molar-refractivity contribution in [2.24, 2.45) is 0 Å². The van der Waals surface area contributed by atoms with Crippen molar-refractivity contribution < 1.29 is 14.4 Å². The van der Waals surface area contributed by atoms with Gasteiger partial charge < -0.3 is 10.6 Å². The summed E-state index contributed by atoms with van der Waals surface area (Å²) < 4.78 is 1.65. The van der Waals surface area contributed by atoms with Gasteiger partial charge in [-0.15, -0.1) is 0 Å². The Labute approximate surface area is 151 Å². The van der Waals surface area contributed by atoms with E-state index in [0.717, 1.165) is 4.90 Å². The quantitative estimate of drug-likeness (QED) is 0.800. The van der Waals surface area contributed by atoms with Gasteiger partial charge in [0.1, 0.15) is 17.9 Å². The van der Waals surface area contributed by atoms with Crippen LogP contribution in [0, 0.1) is 0 Å². The Balaban J connectivity index is 1.74. The number of urea groups is 1. The molecule has 1 fully saturated rings. The van der Waals surface area contributed by atoms with Gasteiger partial charge in [-0.3, -0.25) is 14.5 Å². The fourth-order valence-corrected chi connectivity index (χ4v) is 2.96. The van der Waals surface area contributed by atoms with Crippen molar-refractivity contribution in [3.63, 3.8) is 0 Å². The number of imide groups is 1. The number of anilines is 1. The molecule has 1 aliphatic heterocycles. The summed E-state index contributed by atoms with van der Waals surface area (Å²) in [6, 6.07) is 10.1. The molecule has 1 aliphatic rings. The van der Waals surface area contributed by atoms with Crippen molar-refractivity contribution in [2.45, 2.75) is 32.4 Å². The van der Waals surface area contributed by atoms with E-state index in [1.165, 1.54) is 0 Å². The fraction of sp³-hybridized carbons (Fsp3) is 0.333. The molecule has 1 unspecified atom stereocenters. The molecule has 1 saturated heterocycles. The van der Waals surface area contributed by atoms with Gasteiger partial charge in [0.2, 0.25) is 5.91 Å². The third-order valence-corrected chi connectivity index (χ3v) is 4.35. The molecule has 26 heavy (non-hydrogen) atoms. The van der Waals surface area contributed by atoms with Crippen LogP contribution < -0.4 is 10.6 Å². The molecular weight excluding hydrogens is 334 g/mol. The van der Waals surface area contributed by atoms with E-state index < -0.39 is 23.4 Å². The van der Waals surface area contributed by atoms with Gasteiger partial charge in [0.15, 0.2) is 0 Å². The van der Waals surface area contributed by atoms with E-state index in [4.69, 9.17) is 0 Å². The van der Waals surface area contributed by atoms with Gasteiger partial charge in [0.05, 0.1) is 6.20 Å². The molecule has 0 radical (unpaired) electrons. The summed E-state index contributed by atoms with van der Waals surface area (Å²) in [5, 5.41) is 9.51. The molecule has 0 saturated carbocycles. The van der Waals surface area contributed by atoms with Crippen LogP contribution in [0.2, 0.25) is 0 Å². The summed E-state index contributed by atoms with van der Waals surface area (Å²) in [6.07, 6.45) is 1.58. The second-order valence-electron chi connectivity index (χ2n) is 6.62. The standard InChI is InChI=1S/C18H21N5O3/c1-12(2)23-14(9-10-19-23)20-15(24)11-22-16(25)18(3,21-17(22)26)13-7-5-4-6-8-13/h4-10,12H,11H2,1-3H3,(H,20,24)(H,21,26). The Hall–Kier alpha value is -3.16. The van der Waals surface area contributed by atoms with Crippen LogP contribution in [0.25, 0.3) is 0 Å². The Morgan fingerprint density at radius 1 is 1.23 bits per heavy atom. The van der Waals surface area contributed by atoms with E-state index >= 15 is 0 Å². The molecule has 3 rings (SSSR count). The van der Waals surface area contributed by atoms with Crippen LogP contribution in [0.5, 0.6) is 0 Å². The summed E-state index contributed by atoms with van der Waals surface area (Å²) in [7, 11) is 0. The molecule has 1 atom stereocenters. The molecule has 1 aromatic heterocycles.